The Morgan fingerprint density at radius 3 is 2.70 bits per heavy atom. The van der Waals surface area contributed by atoms with Crippen molar-refractivity contribution in [2.75, 3.05) is 7.11 Å². The lowest BCUT2D eigenvalue weighted by Gasteiger charge is -2.10. The van der Waals surface area contributed by atoms with E-state index in [9.17, 15) is 4.79 Å². The van der Waals surface area contributed by atoms with E-state index in [0.717, 1.165) is 12.1 Å². The number of methoxy groups -OCH3 is 1. The second-order valence-electron chi connectivity index (χ2n) is 3.97. The van der Waals surface area contributed by atoms with Gasteiger partial charge >= 0.3 is 5.97 Å². The van der Waals surface area contributed by atoms with Gasteiger partial charge in [-0.25, -0.2) is 14.8 Å². The summed E-state index contributed by atoms with van der Waals surface area (Å²) in [6.07, 6.45) is 2.16. The van der Waals surface area contributed by atoms with Gasteiger partial charge in [-0.3, -0.25) is 0 Å². The summed E-state index contributed by atoms with van der Waals surface area (Å²) >= 11 is 0. The Bertz CT molecular complexity index is 628. The Morgan fingerprint density at radius 2 is 2.05 bits per heavy atom. The van der Waals surface area contributed by atoms with Gasteiger partial charge in [0.25, 0.3) is 0 Å². The van der Waals surface area contributed by atoms with Crippen molar-refractivity contribution in [3.05, 3.63) is 41.9 Å². The molecule has 1 N–H and O–H groups in total. The standard InChI is InChI=1S/C14H14N2O4/c1-3-10-7-13(16-8-15-10)20-12-6-9(14(17)18)4-5-11(12)19-2/h4-8H,3H2,1-2H3,(H,17,18). The van der Waals surface area contributed by atoms with Crippen LogP contribution in [0.1, 0.15) is 23.0 Å². The maximum absolute atomic E-state index is 11.0. The summed E-state index contributed by atoms with van der Waals surface area (Å²) in [5, 5.41) is 9.00. The molecule has 0 aliphatic carbocycles. The minimum Gasteiger partial charge on any atom is -0.493 e. The lowest BCUT2D eigenvalue weighted by molar-refractivity contribution is 0.0696. The molecule has 0 aliphatic rings. The van der Waals surface area contributed by atoms with Crippen molar-refractivity contribution in [2.24, 2.45) is 0 Å². The highest BCUT2D eigenvalue weighted by molar-refractivity contribution is 5.88. The Balaban J connectivity index is 2.35. The van der Waals surface area contributed by atoms with Crippen LogP contribution < -0.4 is 9.47 Å². The zero-order chi connectivity index (χ0) is 14.5. The molecule has 20 heavy (non-hydrogen) atoms. The first-order valence-electron chi connectivity index (χ1n) is 6.04. The quantitative estimate of drug-likeness (QED) is 0.902. The number of rotatable bonds is 5. The first-order chi connectivity index (χ1) is 9.63. The zero-order valence-electron chi connectivity index (χ0n) is 11.2. The fourth-order valence-electron chi connectivity index (χ4n) is 1.63. The normalized spacial score (nSPS) is 10.1. The number of hydrogen-bond acceptors (Lipinski definition) is 5. The number of carbonyl (C=O) groups is 1. The number of nitrogens with zero attached hydrogens (tertiary/aromatic N) is 2. The van der Waals surface area contributed by atoms with Crippen LogP contribution in [0.15, 0.2) is 30.6 Å². The van der Waals surface area contributed by atoms with E-state index < -0.39 is 5.97 Å². The van der Waals surface area contributed by atoms with Crippen LogP contribution in [0.4, 0.5) is 0 Å². The third-order valence-corrected chi connectivity index (χ3v) is 2.69. The van der Waals surface area contributed by atoms with Crippen LogP contribution in [-0.2, 0) is 6.42 Å². The van der Waals surface area contributed by atoms with Crippen LogP contribution in [0.3, 0.4) is 0 Å². The van der Waals surface area contributed by atoms with E-state index in [1.165, 1.54) is 25.6 Å². The molecule has 0 spiro atoms. The van der Waals surface area contributed by atoms with Crippen molar-refractivity contribution in [1.29, 1.82) is 0 Å². The third-order valence-electron chi connectivity index (χ3n) is 2.69. The van der Waals surface area contributed by atoms with E-state index in [-0.39, 0.29) is 5.56 Å². The van der Waals surface area contributed by atoms with Crippen LogP contribution in [-0.4, -0.2) is 28.2 Å². The lowest BCUT2D eigenvalue weighted by atomic mass is 10.2. The SMILES string of the molecule is CCc1cc(Oc2cc(C(=O)O)ccc2OC)ncn1. The summed E-state index contributed by atoms with van der Waals surface area (Å²) in [4.78, 5) is 19.1. The highest BCUT2D eigenvalue weighted by Crippen LogP contribution is 2.31. The van der Waals surface area contributed by atoms with Gasteiger partial charge in [0.1, 0.15) is 6.33 Å². The molecule has 104 valence electrons. The maximum Gasteiger partial charge on any atom is 0.335 e. The Morgan fingerprint density at radius 1 is 1.25 bits per heavy atom. The average Bonchev–Trinajstić information content (AvgIpc) is 2.47. The van der Waals surface area contributed by atoms with E-state index >= 15 is 0 Å². The van der Waals surface area contributed by atoms with Crippen LogP contribution in [0.25, 0.3) is 0 Å². The van der Waals surface area contributed by atoms with Crippen LogP contribution in [0.5, 0.6) is 17.4 Å². The van der Waals surface area contributed by atoms with Crippen molar-refractivity contribution in [3.63, 3.8) is 0 Å². The Kier molecular flexibility index (Phi) is 4.14. The smallest absolute Gasteiger partial charge is 0.335 e. The molecule has 2 rings (SSSR count). The lowest BCUT2D eigenvalue weighted by Crippen LogP contribution is -1.99. The average molecular weight is 274 g/mol. The predicted molar refractivity (Wildman–Crippen MR) is 71.4 cm³/mol. The van der Waals surface area contributed by atoms with Gasteiger partial charge in [-0.1, -0.05) is 6.92 Å². The Labute approximate surface area is 116 Å². The summed E-state index contributed by atoms with van der Waals surface area (Å²) in [5.74, 6) is 0.0481. The van der Waals surface area contributed by atoms with Crippen molar-refractivity contribution < 1.29 is 19.4 Å². The molecule has 0 amide bonds. The van der Waals surface area contributed by atoms with E-state index in [1.807, 2.05) is 6.92 Å². The summed E-state index contributed by atoms with van der Waals surface area (Å²) in [6.45, 7) is 1.97. The molecule has 0 aliphatic heterocycles. The molecule has 2 aromatic rings. The van der Waals surface area contributed by atoms with Crippen molar-refractivity contribution in [3.8, 4) is 17.4 Å². The van der Waals surface area contributed by atoms with E-state index in [1.54, 1.807) is 12.1 Å². The predicted octanol–water partition coefficient (Wildman–Crippen LogP) is 2.54. The van der Waals surface area contributed by atoms with Gasteiger partial charge in [-0.05, 0) is 24.6 Å². The topological polar surface area (TPSA) is 81.5 Å². The molecule has 0 radical (unpaired) electrons. The van der Waals surface area contributed by atoms with Crippen LogP contribution in [0.2, 0.25) is 0 Å². The molecule has 1 heterocycles. The van der Waals surface area contributed by atoms with Crippen molar-refractivity contribution >= 4 is 5.97 Å². The number of carboxylic acid groups (broad SMARTS) is 1. The monoisotopic (exact) mass is 274 g/mol. The molecule has 0 unspecified atom stereocenters. The number of ether oxygens (including phenoxy) is 2. The number of carboxylic acids is 1. The zero-order valence-corrected chi connectivity index (χ0v) is 11.2. The van der Waals surface area contributed by atoms with E-state index in [4.69, 9.17) is 14.6 Å². The molecule has 0 fully saturated rings. The van der Waals surface area contributed by atoms with Crippen molar-refractivity contribution in [2.45, 2.75) is 13.3 Å². The molecule has 0 saturated carbocycles. The largest absolute Gasteiger partial charge is 0.493 e. The molecule has 6 nitrogen and oxygen atoms in total. The molecule has 0 saturated heterocycles. The van der Waals surface area contributed by atoms with E-state index in [0.29, 0.717) is 17.4 Å². The van der Waals surface area contributed by atoms with Crippen LogP contribution in [0, 0.1) is 0 Å². The molecular formula is C14H14N2O4. The number of aromatic nitrogens is 2. The fraction of sp³-hybridized carbons (Fsp3) is 0.214. The number of aromatic carboxylic acids is 1. The third kappa shape index (κ3) is 3.03. The minimum atomic E-state index is -1.03. The summed E-state index contributed by atoms with van der Waals surface area (Å²) in [6, 6.07) is 6.09. The molecule has 6 heteroatoms. The van der Waals surface area contributed by atoms with Gasteiger partial charge in [0.15, 0.2) is 11.5 Å². The summed E-state index contributed by atoms with van der Waals surface area (Å²) in [5.41, 5.74) is 0.953. The van der Waals surface area contributed by atoms with Gasteiger partial charge in [0.2, 0.25) is 5.88 Å². The van der Waals surface area contributed by atoms with Crippen LogP contribution >= 0.6 is 0 Å². The highest BCUT2D eigenvalue weighted by atomic mass is 16.5. The van der Waals surface area contributed by atoms with Gasteiger partial charge in [-0.15, -0.1) is 0 Å². The minimum absolute atomic E-state index is 0.116. The second kappa shape index (κ2) is 6.01. The first-order valence-corrected chi connectivity index (χ1v) is 6.04. The summed E-state index contributed by atoms with van der Waals surface area (Å²) < 4.78 is 10.7. The Hall–Kier alpha value is -2.63. The van der Waals surface area contributed by atoms with Gasteiger partial charge in [-0.2, -0.15) is 0 Å². The molecule has 0 atom stereocenters. The fourth-order valence-corrected chi connectivity index (χ4v) is 1.63. The molecular weight excluding hydrogens is 260 g/mol. The van der Waals surface area contributed by atoms with Gasteiger partial charge < -0.3 is 14.6 Å². The van der Waals surface area contributed by atoms with Crippen molar-refractivity contribution in [1.82, 2.24) is 9.97 Å². The van der Waals surface area contributed by atoms with E-state index in [2.05, 4.69) is 9.97 Å². The first kappa shape index (κ1) is 13.8. The second-order valence-corrected chi connectivity index (χ2v) is 3.97. The van der Waals surface area contributed by atoms with Gasteiger partial charge in [0, 0.05) is 11.8 Å². The number of hydrogen-bond donors (Lipinski definition) is 1. The number of benzene rings is 1. The molecule has 0 bridgehead atoms. The number of aryl methyl sites for hydroxylation is 1. The molecule has 1 aromatic heterocycles. The molecule has 1 aromatic carbocycles. The maximum atomic E-state index is 11.0. The highest BCUT2D eigenvalue weighted by Gasteiger charge is 2.11. The van der Waals surface area contributed by atoms with Gasteiger partial charge in [0.05, 0.1) is 12.7 Å². The summed E-state index contributed by atoms with van der Waals surface area (Å²) in [7, 11) is 1.49.